The maximum absolute atomic E-state index is 4.53. The summed E-state index contributed by atoms with van der Waals surface area (Å²) in [5, 5.41) is 20.8. The largest absolute Gasteiger partial charge is 0.245 e. The molecule has 0 spiro atoms. The van der Waals surface area contributed by atoms with Crippen molar-refractivity contribution in [3.63, 3.8) is 0 Å². The zero-order valence-corrected chi connectivity index (χ0v) is 16.5. The minimum absolute atomic E-state index is 0.774. The number of thioether (sulfide) groups is 2. The number of fused-ring (bicyclic) bond motifs is 8. The molecule has 0 amide bonds. The standard InChI is InChI=1S/C17H16N6S3/c1-3-8-24-16-20-18-13-12-10-6-5-7-11(10)26-14(12)23-15(22(13)16)19-21-17(23)25-9-4-2/h3-4H,1-2,5-9H2. The number of hydrogen-bond donors (Lipinski definition) is 0. The van der Waals surface area contributed by atoms with E-state index in [2.05, 4.69) is 38.0 Å². The average molecular weight is 401 g/mol. The van der Waals surface area contributed by atoms with Crippen molar-refractivity contribution >= 4 is 56.5 Å². The Bertz CT molecular complexity index is 1170. The van der Waals surface area contributed by atoms with Gasteiger partial charge < -0.3 is 0 Å². The zero-order valence-electron chi connectivity index (χ0n) is 14.0. The summed E-state index contributed by atoms with van der Waals surface area (Å²) in [5.41, 5.74) is 2.32. The second-order valence-electron chi connectivity index (χ2n) is 6.00. The molecule has 9 heteroatoms. The molecular weight excluding hydrogens is 384 g/mol. The van der Waals surface area contributed by atoms with Crippen molar-refractivity contribution in [1.29, 1.82) is 0 Å². The first-order valence-corrected chi connectivity index (χ1v) is 11.2. The normalized spacial score (nSPS) is 13.8. The summed E-state index contributed by atoms with van der Waals surface area (Å²) in [6.07, 6.45) is 7.23. The summed E-state index contributed by atoms with van der Waals surface area (Å²) < 4.78 is 4.22. The molecule has 1 aliphatic rings. The van der Waals surface area contributed by atoms with Crippen molar-refractivity contribution in [3.8, 4) is 0 Å². The van der Waals surface area contributed by atoms with Crippen LogP contribution in [0.25, 0.3) is 21.6 Å². The molecule has 4 aromatic heterocycles. The van der Waals surface area contributed by atoms with Crippen molar-refractivity contribution < 1.29 is 0 Å². The highest BCUT2D eigenvalue weighted by molar-refractivity contribution is 7.99. The molecule has 1 aliphatic carbocycles. The molecule has 4 aromatic rings. The third-order valence-corrected chi connectivity index (χ3v) is 7.57. The molecule has 0 N–H and O–H groups in total. The minimum atomic E-state index is 0.774. The van der Waals surface area contributed by atoms with Crippen LogP contribution in [-0.4, -0.2) is 40.7 Å². The van der Waals surface area contributed by atoms with E-state index in [0.29, 0.717) is 0 Å². The lowest BCUT2D eigenvalue weighted by Gasteiger charge is -2.05. The number of hydrogen-bond acceptors (Lipinski definition) is 7. The van der Waals surface area contributed by atoms with Crippen LogP contribution in [0, 0.1) is 0 Å². The molecule has 0 saturated carbocycles. The van der Waals surface area contributed by atoms with E-state index in [1.54, 1.807) is 23.5 Å². The van der Waals surface area contributed by atoms with E-state index in [1.165, 1.54) is 27.1 Å². The van der Waals surface area contributed by atoms with Crippen LogP contribution in [-0.2, 0) is 12.8 Å². The molecule has 0 aliphatic heterocycles. The fourth-order valence-corrected chi connectivity index (χ4v) is 6.20. The Morgan fingerprint density at radius 2 is 1.69 bits per heavy atom. The molecule has 4 heterocycles. The molecule has 0 atom stereocenters. The highest BCUT2D eigenvalue weighted by atomic mass is 32.2. The Morgan fingerprint density at radius 3 is 2.46 bits per heavy atom. The van der Waals surface area contributed by atoms with Gasteiger partial charge in [0.05, 0.1) is 5.39 Å². The fraction of sp³-hybridized carbons (Fsp3) is 0.294. The number of rotatable bonds is 6. The van der Waals surface area contributed by atoms with Crippen molar-refractivity contribution in [2.75, 3.05) is 11.5 Å². The summed E-state index contributed by atoms with van der Waals surface area (Å²) in [7, 11) is 0. The van der Waals surface area contributed by atoms with Crippen LogP contribution in [0.5, 0.6) is 0 Å². The Kier molecular flexibility index (Phi) is 4.02. The predicted molar refractivity (Wildman–Crippen MR) is 109 cm³/mol. The highest BCUT2D eigenvalue weighted by Gasteiger charge is 2.26. The Morgan fingerprint density at radius 1 is 0.962 bits per heavy atom. The minimum Gasteiger partial charge on any atom is -0.245 e. The first-order chi connectivity index (χ1) is 12.8. The maximum atomic E-state index is 4.53. The third kappa shape index (κ3) is 2.27. The first kappa shape index (κ1) is 16.3. The predicted octanol–water partition coefficient (Wildman–Crippen LogP) is 4.03. The molecule has 26 heavy (non-hydrogen) atoms. The average Bonchev–Trinajstić information content (AvgIpc) is 3.38. The van der Waals surface area contributed by atoms with Gasteiger partial charge in [-0.25, -0.2) is 8.80 Å². The number of aryl methyl sites for hydroxylation is 2. The molecule has 132 valence electrons. The molecule has 0 radical (unpaired) electrons. The van der Waals surface area contributed by atoms with Crippen LogP contribution in [0.15, 0.2) is 35.6 Å². The van der Waals surface area contributed by atoms with E-state index in [0.717, 1.165) is 46.1 Å². The summed E-state index contributed by atoms with van der Waals surface area (Å²) in [5.74, 6) is 2.35. The van der Waals surface area contributed by atoms with Gasteiger partial charge in [0.2, 0.25) is 5.78 Å². The van der Waals surface area contributed by atoms with Gasteiger partial charge in [0.15, 0.2) is 16.0 Å². The van der Waals surface area contributed by atoms with E-state index in [1.807, 2.05) is 27.9 Å². The van der Waals surface area contributed by atoms with E-state index in [-0.39, 0.29) is 0 Å². The lowest BCUT2D eigenvalue weighted by Crippen LogP contribution is -1.99. The van der Waals surface area contributed by atoms with Gasteiger partial charge in [0.1, 0.15) is 4.83 Å². The van der Waals surface area contributed by atoms with Gasteiger partial charge in [-0.1, -0.05) is 35.7 Å². The summed E-state index contributed by atoms with van der Waals surface area (Å²) >= 11 is 5.11. The van der Waals surface area contributed by atoms with Crippen LogP contribution in [0.3, 0.4) is 0 Å². The van der Waals surface area contributed by atoms with Gasteiger partial charge in [-0.15, -0.1) is 44.9 Å². The quantitative estimate of drug-likeness (QED) is 0.360. The van der Waals surface area contributed by atoms with Crippen molar-refractivity contribution in [3.05, 3.63) is 35.8 Å². The number of thiophene rings is 1. The van der Waals surface area contributed by atoms with Crippen LogP contribution >= 0.6 is 34.9 Å². The van der Waals surface area contributed by atoms with Gasteiger partial charge in [-0.3, -0.25) is 0 Å². The third-order valence-electron chi connectivity index (χ3n) is 4.44. The van der Waals surface area contributed by atoms with Gasteiger partial charge in [-0.2, -0.15) is 0 Å². The van der Waals surface area contributed by atoms with Gasteiger partial charge in [0, 0.05) is 16.4 Å². The van der Waals surface area contributed by atoms with Crippen molar-refractivity contribution in [2.24, 2.45) is 0 Å². The Hall–Kier alpha value is -1.84. The SMILES string of the molecule is C=CCSc1nnc2c3c4c(sc3n3c(SCC=C)nnc3n12)CCC4. The highest BCUT2D eigenvalue weighted by Crippen LogP contribution is 2.41. The second kappa shape index (κ2) is 6.40. The Balaban J connectivity index is 1.90. The zero-order chi connectivity index (χ0) is 17.7. The van der Waals surface area contributed by atoms with E-state index in [9.17, 15) is 0 Å². The van der Waals surface area contributed by atoms with Crippen molar-refractivity contribution in [2.45, 2.75) is 29.6 Å². The summed E-state index contributed by atoms with van der Waals surface area (Å²) in [6.45, 7) is 7.63. The molecule has 6 nitrogen and oxygen atoms in total. The molecule has 0 aromatic carbocycles. The lowest BCUT2D eigenvalue weighted by atomic mass is 10.2. The smallest absolute Gasteiger partial charge is 0.245 e. The lowest BCUT2D eigenvalue weighted by molar-refractivity contribution is 0.908. The molecule has 0 unspecified atom stereocenters. The van der Waals surface area contributed by atoms with Gasteiger partial charge >= 0.3 is 0 Å². The topological polar surface area (TPSA) is 60.4 Å². The number of aromatic nitrogens is 6. The molecule has 0 bridgehead atoms. The fourth-order valence-electron chi connectivity index (χ4n) is 3.43. The second-order valence-corrected chi connectivity index (χ2v) is 9.05. The van der Waals surface area contributed by atoms with Crippen LogP contribution in [0.4, 0.5) is 0 Å². The van der Waals surface area contributed by atoms with E-state index < -0.39 is 0 Å². The maximum Gasteiger partial charge on any atom is 0.245 e. The van der Waals surface area contributed by atoms with E-state index in [4.69, 9.17) is 0 Å². The molecular formula is C17H16N6S3. The molecule has 0 saturated heterocycles. The summed E-state index contributed by atoms with van der Waals surface area (Å²) in [4.78, 5) is 2.65. The Labute approximate surface area is 162 Å². The van der Waals surface area contributed by atoms with Crippen LogP contribution < -0.4 is 0 Å². The summed E-state index contributed by atoms with van der Waals surface area (Å²) in [6, 6.07) is 0. The van der Waals surface area contributed by atoms with Crippen molar-refractivity contribution in [1.82, 2.24) is 29.2 Å². The van der Waals surface area contributed by atoms with Gasteiger partial charge in [0.25, 0.3) is 0 Å². The van der Waals surface area contributed by atoms with Crippen LogP contribution in [0.1, 0.15) is 16.9 Å². The molecule has 5 rings (SSSR count). The van der Waals surface area contributed by atoms with Gasteiger partial charge in [-0.05, 0) is 24.8 Å². The first-order valence-electron chi connectivity index (χ1n) is 8.37. The molecule has 0 fully saturated rings. The van der Waals surface area contributed by atoms with Crippen LogP contribution in [0.2, 0.25) is 0 Å². The monoisotopic (exact) mass is 400 g/mol. The number of nitrogens with zero attached hydrogens (tertiary/aromatic N) is 6. The van der Waals surface area contributed by atoms with E-state index >= 15 is 0 Å².